The maximum atomic E-state index is 9.64. The molecular weight excluding hydrogens is 131 g/mol. The third kappa shape index (κ3) is 1.91. The molecule has 0 amide bonds. The molecule has 0 fully saturated rings. The van der Waals surface area contributed by atoms with Crippen LogP contribution in [0.25, 0.3) is 0 Å². The molecule has 3 N–H and O–H groups in total. The smallest absolute Gasteiger partial charge is 0.195 e. The summed E-state index contributed by atoms with van der Waals surface area (Å²) >= 11 is 0. The molecule has 0 saturated carbocycles. The number of aliphatic hydroxyl groups excluding tert-OH is 3. The highest BCUT2D eigenvalue weighted by Gasteiger charge is 2.06. The van der Waals surface area contributed by atoms with E-state index in [4.69, 9.17) is 15.3 Å². The van der Waals surface area contributed by atoms with E-state index in [1.54, 1.807) is 0 Å². The predicted molar refractivity (Wildman–Crippen MR) is 27.0 cm³/mol. The molecule has 0 heterocycles. The summed E-state index contributed by atoms with van der Waals surface area (Å²) in [5, 5.41) is 24.5. The Hall–Kier alpha value is -0.600. The molecule has 0 aliphatic carbocycles. The zero-order valence-corrected chi connectivity index (χ0v) is 4.75. The van der Waals surface area contributed by atoms with Gasteiger partial charge in [0, 0.05) is 0 Å². The first-order valence-electron chi connectivity index (χ1n) is 1.76. The summed E-state index contributed by atoms with van der Waals surface area (Å²) in [5.41, 5.74) is 0. The monoisotopic (exact) mass is 136 g/mol. The normalized spacial score (nSPS) is 16.4. The van der Waals surface area contributed by atoms with E-state index < -0.39 is 20.1 Å². The zero-order chi connectivity index (χ0) is 6.57. The molecule has 0 bridgehead atoms. The second-order valence-electron chi connectivity index (χ2n) is 1.03. The van der Waals surface area contributed by atoms with Crippen LogP contribution in [0.3, 0.4) is 0 Å². The average molecular weight is 136 g/mol. The molecule has 1 atom stereocenters. The van der Waals surface area contributed by atoms with Gasteiger partial charge in [0.1, 0.15) is 6.26 Å². The van der Waals surface area contributed by atoms with Gasteiger partial charge in [0.05, 0.1) is 0 Å². The van der Waals surface area contributed by atoms with E-state index in [1.807, 2.05) is 0 Å². The molecule has 0 rings (SSSR count). The van der Waals surface area contributed by atoms with Gasteiger partial charge >= 0.3 is 0 Å². The molecule has 0 aromatic carbocycles. The van der Waals surface area contributed by atoms with Gasteiger partial charge in [0.15, 0.2) is 20.1 Å². The number of rotatable bonds is 2. The van der Waals surface area contributed by atoms with E-state index in [9.17, 15) is 4.57 Å². The van der Waals surface area contributed by atoms with Gasteiger partial charge in [-0.1, -0.05) is 0 Å². The minimum Gasteiger partial charge on any atom is -0.512 e. The van der Waals surface area contributed by atoms with Crippen LogP contribution in [0.4, 0.5) is 0 Å². The van der Waals surface area contributed by atoms with E-state index in [-0.39, 0.29) is 6.26 Å². The summed E-state index contributed by atoms with van der Waals surface area (Å²) in [7, 11) is -0.635. The summed E-state index contributed by atoms with van der Waals surface area (Å²) in [6.07, 6.45) is 0.287. The molecule has 0 aromatic heterocycles. The maximum absolute atomic E-state index is 9.64. The molecule has 0 radical (unpaired) electrons. The van der Waals surface area contributed by atoms with Crippen LogP contribution in [0.5, 0.6) is 0 Å². The third-order valence-corrected chi connectivity index (χ3v) is 0.961. The van der Waals surface area contributed by atoms with E-state index in [1.165, 1.54) is 0 Å². The number of aliphatic hydroxyl groups is 3. The van der Waals surface area contributed by atoms with E-state index in [0.29, 0.717) is 0 Å². The highest BCUT2D eigenvalue weighted by Crippen LogP contribution is 2.08. The second-order valence-corrected chi connectivity index (χ2v) is 1.73. The molecule has 46 valence electrons. The van der Waals surface area contributed by atoms with Crippen LogP contribution in [0.2, 0.25) is 0 Å². The fourth-order valence-corrected chi connectivity index (χ4v) is 0.295. The first-order valence-corrected chi connectivity index (χ1v) is 2.64. The van der Waals surface area contributed by atoms with Crippen LogP contribution >= 0.6 is 8.46 Å². The molecule has 0 saturated heterocycles. The fourth-order valence-electron chi connectivity index (χ4n) is 0.121. The second kappa shape index (κ2) is 3.41. The van der Waals surface area contributed by atoms with Crippen LogP contribution in [0.1, 0.15) is 0 Å². The molecule has 0 aliphatic rings. The average Bonchev–Trinajstić information content (AvgIpc) is 1.84. The summed E-state index contributed by atoms with van der Waals surface area (Å²) in [6.45, 7) is 0. The van der Waals surface area contributed by atoms with Crippen molar-refractivity contribution in [3.8, 4) is 0 Å². The Morgan fingerprint density at radius 3 is 2.38 bits per heavy atom. The number of hydrogen-bond acceptors (Lipinski definition) is 4. The van der Waals surface area contributed by atoms with Crippen LogP contribution in [0.15, 0.2) is 12.0 Å². The fraction of sp³-hybridized carbons (Fsp3) is 0.333. The van der Waals surface area contributed by atoms with Crippen LogP contribution in [-0.4, -0.2) is 21.2 Å². The van der Waals surface area contributed by atoms with Gasteiger partial charge in [-0.2, -0.15) is 0 Å². The maximum Gasteiger partial charge on any atom is 0.195 e. The van der Waals surface area contributed by atoms with Crippen LogP contribution in [-0.2, 0) is 4.57 Å². The molecule has 4 nitrogen and oxygen atoms in total. The third-order valence-electron chi connectivity index (χ3n) is 0.497. The topological polar surface area (TPSA) is 77.8 Å². The van der Waals surface area contributed by atoms with E-state index >= 15 is 0 Å². The van der Waals surface area contributed by atoms with Crippen molar-refractivity contribution < 1.29 is 19.9 Å². The molecule has 0 spiro atoms. The summed E-state index contributed by atoms with van der Waals surface area (Å²) in [5.74, 6) is -2.21. The van der Waals surface area contributed by atoms with E-state index in [2.05, 4.69) is 0 Å². The Morgan fingerprint density at radius 2 is 2.25 bits per heavy atom. The summed E-state index contributed by atoms with van der Waals surface area (Å²) in [4.78, 5) is 0. The van der Waals surface area contributed by atoms with Gasteiger partial charge in [0.2, 0.25) is 0 Å². The minimum atomic E-state index is -1.50. The van der Waals surface area contributed by atoms with E-state index in [0.717, 1.165) is 0 Å². The Balaban J connectivity index is 3.81. The Kier molecular flexibility index (Phi) is 3.15. The lowest BCUT2D eigenvalue weighted by Crippen LogP contribution is -1.99. The predicted octanol–water partition coefficient (Wildman–Crippen LogP) is 0.554. The lowest BCUT2D eigenvalue weighted by Gasteiger charge is -1.94. The number of hydrogen-bond donors (Lipinski definition) is 3. The quantitative estimate of drug-likeness (QED) is 0.382. The van der Waals surface area contributed by atoms with Gasteiger partial charge < -0.3 is 15.3 Å². The highest BCUT2D eigenvalue weighted by atomic mass is 31.1. The van der Waals surface area contributed by atoms with Crippen molar-refractivity contribution in [2.45, 2.75) is 5.85 Å². The molecule has 5 heteroatoms. The lowest BCUT2D eigenvalue weighted by atomic mass is 10.6. The van der Waals surface area contributed by atoms with Crippen molar-refractivity contribution in [2.75, 3.05) is 0 Å². The first kappa shape index (κ1) is 7.40. The standard InChI is InChI=1S/C3H5O4P/c4-1-2(5)3(6)8-7/h1,3-6H. The van der Waals surface area contributed by atoms with Crippen molar-refractivity contribution >= 4 is 8.46 Å². The molecule has 0 aliphatic heterocycles. The molecule has 8 heavy (non-hydrogen) atoms. The summed E-state index contributed by atoms with van der Waals surface area (Å²) in [6, 6.07) is 0. The van der Waals surface area contributed by atoms with Gasteiger partial charge in [-0.3, -0.25) is 4.57 Å². The van der Waals surface area contributed by atoms with Crippen molar-refractivity contribution in [1.82, 2.24) is 0 Å². The van der Waals surface area contributed by atoms with Crippen molar-refractivity contribution in [1.29, 1.82) is 0 Å². The van der Waals surface area contributed by atoms with Gasteiger partial charge in [0.25, 0.3) is 0 Å². The van der Waals surface area contributed by atoms with Crippen LogP contribution < -0.4 is 0 Å². The summed E-state index contributed by atoms with van der Waals surface area (Å²) < 4.78 is 9.64. The van der Waals surface area contributed by atoms with Gasteiger partial charge in [-0.15, -0.1) is 0 Å². The Morgan fingerprint density at radius 1 is 1.75 bits per heavy atom. The highest BCUT2D eigenvalue weighted by molar-refractivity contribution is 7.24. The van der Waals surface area contributed by atoms with Gasteiger partial charge in [-0.25, -0.2) is 0 Å². The lowest BCUT2D eigenvalue weighted by molar-refractivity contribution is 0.208. The Bertz CT molecular complexity index is 110. The molecule has 0 aromatic rings. The Labute approximate surface area is 47.3 Å². The SMILES string of the molecule is O=PC(O)C(O)=CO. The minimum absolute atomic E-state index is 0.287. The molecule has 1 unspecified atom stereocenters. The van der Waals surface area contributed by atoms with Crippen molar-refractivity contribution in [3.05, 3.63) is 12.0 Å². The van der Waals surface area contributed by atoms with Crippen molar-refractivity contribution in [2.24, 2.45) is 0 Å². The van der Waals surface area contributed by atoms with Crippen molar-refractivity contribution in [3.63, 3.8) is 0 Å². The zero-order valence-electron chi connectivity index (χ0n) is 3.85. The van der Waals surface area contributed by atoms with Gasteiger partial charge in [-0.05, 0) is 0 Å². The molecular formula is C3H5O4P. The largest absolute Gasteiger partial charge is 0.512 e. The van der Waals surface area contributed by atoms with Crippen LogP contribution in [0, 0.1) is 0 Å². The first-order chi connectivity index (χ1) is 3.72.